The number of aromatic nitrogens is 1. The van der Waals surface area contributed by atoms with Crippen LogP contribution in [0.5, 0.6) is 0 Å². The normalized spacial score (nSPS) is 10.8. The minimum absolute atomic E-state index is 0.303. The Kier molecular flexibility index (Phi) is 4.42. The van der Waals surface area contributed by atoms with Crippen LogP contribution in [0.3, 0.4) is 0 Å². The van der Waals surface area contributed by atoms with Gasteiger partial charge in [-0.2, -0.15) is 5.26 Å². The highest BCUT2D eigenvalue weighted by molar-refractivity contribution is 7.73. The molecule has 23 heavy (non-hydrogen) atoms. The Morgan fingerprint density at radius 3 is 2.48 bits per heavy atom. The van der Waals surface area contributed by atoms with E-state index in [9.17, 15) is 9.65 Å². The maximum Gasteiger partial charge on any atom is 0.168 e. The van der Waals surface area contributed by atoms with E-state index in [-0.39, 0.29) is 5.82 Å². The maximum atomic E-state index is 13.0. The van der Waals surface area contributed by atoms with Crippen molar-refractivity contribution in [2.75, 3.05) is 0 Å². The van der Waals surface area contributed by atoms with Crippen LogP contribution in [0.2, 0.25) is 0 Å². The summed E-state index contributed by atoms with van der Waals surface area (Å²) in [7, 11) is 0. The molecule has 0 atom stereocenters. The van der Waals surface area contributed by atoms with Gasteiger partial charge in [-0.15, -0.1) is 0 Å². The summed E-state index contributed by atoms with van der Waals surface area (Å²) in [6, 6.07) is 17.6. The van der Waals surface area contributed by atoms with Gasteiger partial charge in [0.1, 0.15) is 11.9 Å². The zero-order valence-corrected chi connectivity index (χ0v) is 13.4. The Bertz CT molecular complexity index is 948. The predicted octanol–water partition coefficient (Wildman–Crippen LogP) is 5.03. The summed E-state index contributed by atoms with van der Waals surface area (Å²) < 4.78 is 15.3. The quantitative estimate of drug-likeness (QED) is 0.496. The summed E-state index contributed by atoms with van der Waals surface area (Å²) in [5.74, 6) is 0.181. The van der Waals surface area contributed by atoms with Gasteiger partial charge >= 0.3 is 0 Å². The van der Waals surface area contributed by atoms with Gasteiger partial charge in [0.15, 0.2) is 14.6 Å². The molecule has 0 radical (unpaired) electrons. The lowest BCUT2D eigenvalue weighted by Gasteiger charge is -2.05. The van der Waals surface area contributed by atoms with Gasteiger partial charge in [0.2, 0.25) is 0 Å². The van der Waals surface area contributed by atoms with Gasteiger partial charge in [0.05, 0.1) is 0 Å². The molecule has 2 aromatic carbocycles. The summed E-state index contributed by atoms with van der Waals surface area (Å²) in [4.78, 5) is 4.85. The van der Waals surface area contributed by atoms with Crippen molar-refractivity contribution in [2.45, 2.75) is 0 Å². The Morgan fingerprint density at radius 2 is 1.83 bits per heavy atom. The zero-order valence-electron chi connectivity index (χ0n) is 11.8. The summed E-state index contributed by atoms with van der Waals surface area (Å²) in [6.45, 7) is 0. The van der Waals surface area contributed by atoms with E-state index in [0.29, 0.717) is 14.6 Å². The Labute approximate surface area is 141 Å². The first kappa shape index (κ1) is 15.3. The van der Waals surface area contributed by atoms with Crippen molar-refractivity contribution in [1.82, 2.24) is 4.57 Å². The fourth-order valence-corrected chi connectivity index (χ4v) is 3.23. The molecule has 0 N–H and O–H groups in total. The van der Waals surface area contributed by atoms with Gasteiger partial charge < -0.3 is 0 Å². The van der Waals surface area contributed by atoms with E-state index < -0.39 is 0 Å². The average molecular weight is 339 g/mol. The molecule has 1 heterocycles. The first-order valence-electron chi connectivity index (χ1n) is 6.70. The largest absolute Gasteiger partial charge is 0.275 e. The summed E-state index contributed by atoms with van der Waals surface area (Å²) >= 11 is 6.58. The molecule has 0 spiro atoms. The minimum atomic E-state index is -0.303. The van der Waals surface area contributed by atoms with Crippen LogP contribution in [0, 0.1) is 21.1 Å². The minimum Gasteiger partial charge on any atom is -0.275 e. The van der Waals surface area contributed by atoms with Gasteiger partial charge in [0.25, 0.3) is 0 Å². The lowest BCUT2D eigenvalue weighted by Crippen LogP contribution is -1.93. The molecule has 3 aromatic rings. The van der Waals surface area contributed by atoms with Crippen molar-refractivity contribution >= 4 is 35.6 Å². The highest BCUT2D eigenvalue weighted by atomic mass is 32.1. The van der Waals surface area contributed by atoms with Crippen molar-refractivity contribution in [1.29, 1.82) is 5.26 Å². The standard InChI is InChI=1S/C17H10FN3S2/c18-13-8-6-12(7-9-13)11-20-16-15(10-19)23-17(22)21(16)14-4-2-1-3-5-14/h1-9,11H/b20-11+. The van der Waals surface area contributed by atoms with E-state index in [4.69, 9.17) is 12.2 Å². The van der Waals surface area contributed by atoms with Crippen molar-refractivity contribution in [3.8, 4) is 11.8 Å². The smallest absolute Gasteiger partial charge is 0.168 e. The molecule has 0 saturated carbocycles. The fourth-order valence-electron chi connectivity index (χ4n) is 2.05. The fraction of sp³-hybridized carbons (Fsp3) is 0. The topological polar surface area (TPSA) is 41.1 Å². The maximum absolute atomic E-state index is 13.0. The van der Waals surface area contributed by atoms with Gasteiger partial charge in [0, 0.05) is 11.9 Å². The number of hydrogen-bond donors (Lipinski definition) is 0. The molecule has 3 nitrogen and oxygen atoms in total. The van der Waals surface area contributed by atoms with Gasteiger partial charge in [-0.25, -0.2) is 9.38 Å². The number of hydrogen-bond acceptors (Lipinski definition) is 4. The number of benzene rings is 2. The zero-order chi connectivity index (χ0) is 16.2. The van der Waals surface area contributed by atoms with E-state index in [2.05, 4.69) is 11.1 Å². The van der Waals surface area contributed by atoms with Crippen LogP contribution >= 0.6 is 23.6 Å². The van der Waals surface area contributed by atoms with Crippen LogP contribution in [-0.2, 0) is 0 Å². The van der Waals surface area contributed by atoms with E-state index in [1.165, 1.54) is 23.5 Å². The van der Waals surface area contributed by atoms with Gasteiger partial charge in [-0.3, -0.25) is 4.57 Å². The number of halogens is 1. The molecule has 112 valence electrons. The molecule has 1 aromatic heterocycles. The Balaban J connectivity index is 2.10. The van der Waals surface area contributed by atoms with E-state index in [1.54, 1.807) is 22.9 Å². The van der Waals surface area contributed by atoms with Crippen LogP contribution < -0.4 is 0 Å². The summed E-state index contributed by atoms with van der Waals surface area (Å²) in [6.07, 6.45) is 1.59. The average Bonchev–Trinajstić information content (AvgIpc) is 2.91. The number of thiazole rings is 1. The predicted molar refractivity (Wildman–Crippen MR) is 92.8 cm³/mol. The van der Waals surface area contributed by atoms with Crippen LogP contribution in [-0.4, -0.2) is 10.8 Å². The SMILES string of the molecule is N#Cc1sc(=S)n(-c2ccccc2)c1/N=C/c1ccc(F)cc1. The molecule has 0 aliphatic rings. The summed E-state index contributed by atoms with van der Waals surface area (Å²) in [5.41, 5.74) is 1.59. The van der Waals surface area contributed by atoms with Crippen LogP contribution in [0.4, 0.5) is 10.2 Å². The summed E-state index contributed by atoms with van der Waals surface area (Å²) in [5, 5.41) is 9.31. The molecular formula is C17H10FN3S2. The molecule has 6 heteroatoms. The molecule has 0 unspecified atom stereocenters. The first-order valence-corrected chi connectivity index (χ1v) is 7.92. The van der Waals surface area contributed by atoms with Crippen LogP contribution in [0.25, 0.3) is 5.69 Å². The van der Waals surface area contributed by atoms with Crippen molar-refractivity contribution in [3.63, 3.8) is 0 Å². The van der Waals surface area contributed by atoms with Crippen molar-refractivity contribution in [2.24, 2.45) is 4.99 Å². The van der Waals surface area contributed by atoms with Gasteiger partial charge in [-0.1, -0.05) is 41.7 Å². The molecule has 0 saturated heterocycles. The number of aliphatic imine (C=N–C) groups is 1. The second-order valence-electron chi connectivity index (χ2n) is 4.61. The molecule has 0 fully saturated rings. The molecule has 0 bridgehead atoms. The van der Waals surface area contributed by atoms with Gasteiger partial charge in [-0.05, 0) is 42.0 Å². The third-order valence-corrected chi connectivity index (χ3v) is 4.38. The van der Waals surface area contributed by atoms with E-state index in [1.807, 2.05) is 30.3 Å². The molecular weight excluding hydrogens is 329 g/mol. The molecule has 0 aliphatic carbocycles. The van der Waals surface area contributed by atoms with Crippen LogP contribution in [0.15, 0.2) is 59.6 Å². The number of nitriles is 1. The monoisotopic (exact) mass is 339 g/mol. The van der Waals surface area contributed by atoms with Crippen molar-refractivity contribution in [3.05, 3.63) is 74.8 Å². The number of nitrogens with zero attached hydrogens (tertiary/aromatic N) is 3. The van der Waals surface area contributed by atoms with Crippen LogP contribution in [0.1, 0.15) is 10.4 Å². The highest BCUT2D eigenvalue weighted by Crippen LogP contribution is 2.30. The first-order chi connectivity index (χ1) is 11.2. The molecule has 3 rings (SSSR count). The molecule has 0 amide bonds. The Hall–Kier alpha value is -2.62. The van der Waals surface area contributed by atoms with E-state index >= 15 is 0 Å². The van der Waals surface area contributed by atoms with Crippen molar-refractivity contribution < 1.29 is 4.39 Å². The third-order valence-electron chi connectivity index (χ3n) is 3.11. The third kappa shape index (κ3) is 3.26. The Morgan fingerprint density at radius 1 is 1.13 bits per heavy atom. The lowest BCUT2D eigenvalue weighted by atomic mass is 10.2. The lowest BCUT2D eigenvalue weighted by molar-refractivity contribution is 0.628. The second-order valence-corrected chi connectivity index (χ2v) is 6.26. The number of para-hydroxylation sites is 1. The molecule has 0 aliphatic heterocycles. The number of rotatable bonds is 3. The van der Waals surface area contributed by atoms with E-state index in [0.717, 1.165) is 11.3 Å². The highest BCUT2D eigenvalue weighted by Gasteiger charge is 2.13. The second kappa shape index (κ2) is 6.65.